The molecule has 1 amide bonds. The van der Waals surface area contributed by atoms with Gasteiger partial charge >= 0.3 is 0 Å². The maximum absolute atomic E-state index is 12.1. The van der Waals surface area contributed by atoms with Crippen molar-refractivity contribution in [2.45, 2.75) is 19.1 Å². The number of rotatable bonds is 2. The second-order valence-electron chi connectivity index (χ2n) is 3.91. The molecule has 1 aromatic heterocycles. The molecule has 0 saturated carbocycles. The van der Waals surface area contributed by atoms with Crippen molar-refractivity contribution in [2.75, 3.05) is 25.4 Å². The van der Waals surface area contributed by atoms with Crippen LogP contribution in [0.3, 0.4) is 0 Å². The van der Waals surface area contributed by atoms with Crippen molar-refractivity contribution in [1.82, 2.24) is 15.1 Å². The van der Waals surface area contributed by atoms with Crippen molar-refractivity contribution in [3.63, 3.8) is 0 Å². The predicted molar refractivity (Wildman–Crippen MR) is 61.6 cm³/mol. The first kappa shape index (κ1) is 12.2. The van der Waals surface area contributed by atoms with Gasteiger partial charge in [0.2, 0.25) is 10.1 Å². The molecule has 2 unspecified atom stereocenters. The van der Waals surface area contributed by atoms with Gasteiger partial charge in [0.05, 0.1) is 18.8 Å². The van der Waals surface area contributed by atoms with Crippen LogP contribution in [0.4, 0.5) is 5.13 Å². The molecule has 0 aliphatic carbocycles. The van der Waals surface area contributed by atoms with Crippen LogP contribution in [0.2, 0.25) is 0 Å². The van der Waals surface area contributed by atoms with E-state index in [1.54, 1.807) is 4.90 Å². The molecule has 1 aliphatic rings. The Bertz CT molecular complexity index is 411. The quantitative estimate of drug-likeness (QED) is 0.730. The van der Waals surface area contributed by atoms with Crippen LogP contribution in [0.25, 0.3) is 0 Å². The van der Waals surface area contributed by atoms with Gasteiger partial charge in [0.25, 0.3) is 5.91 Å². The highest BCUT2D eigenvalue weighted by Crippen LogP contribution is 2.17. The van der Waals surface area contributed by atoms with Crippen molar-refractivity contribution in [2.24, 2.45) is 0 Å². The fourth-order valence-electron chi connectivity index (χ4n) is 1.77. The van der Waals surface area contributed by atoms with Crippen molar-refractivity contribution in [1.29, 1.82) is 0 Å². The molecule has 1 aliphatic heterocycles. The Hall–Kier alpha value is -1.25. The molecular formula is C9H14N4O3S. The summed E-state index contributed by atoms with van der Waals surface area (Å²) in [6.45, 7) is 2.59. The van der Waals surface area contributed by atoms with Gasteiger partial charge in [-0.1, -0.05) is 11.3 Å². The fraction of sp³-hybridized carbons (Fsp3) is 0.667. The smallest absolute Gasteiger partial charge is 0.285 e. The molecule has 0 spiro atoms. The van der Waals surface area contributed by atoms with Crippen molar-refractivity contribution in [3.05, 3.63) is 5.01 Å². The Morgan fingerprint density at radius 2 is 2.41 bits per heavy atom. The number of ether oxygens (including phenoxy) is 1. The first-order valence-corrected chi connectivity index (χ1v) is 6.06. The minimum Gasteiger partial charge on any atom is -0.394 e. The van der Waals surface area contributed by atoms with Gasteiger partial charge in [0.1, 0.15) is 0 Å². The third-order valence-corrected chi connectivity index (χ3v) is 3.18. The summed E-state index contributed by atoms with van der Waals surface area (Å²) in [5.41, 5.74) is 5.44. The van der Waals surface area contributed by atoms with E-state index in [4.69, 9.17) is 15.6 Å². The monoisotopic (exact) mass is 258 g/mol. The van der Waals surface area contributed by atoms with Gasteiger partial charge in [-0.3, -0.25) is 4.79 Å². The highest BCUT2D eigenvalue weighted by Gasteiger charge is 2.30. The minimum atomic E-state index is -0.340. The summed E-state index contributed by atoms with van der Waals surface area (Å²) in [6.07, 6.45) is -0.442. The van der Waals surface area contributed by atoms with Gasteiger partial charge in [-0.25, -0.2) is 0 Å². The van der Waals surface area contributed by atoms with Gasteiger partial charge in [-0.2, -0.15) is 0 Å². The number of hydrogen-bond donors (Lipinski definition) is 2. The highest BCUT2D eigenvalue weighted by atomic mass is 32.1. The molecule has 0 bridgehead atoms. The van der Waals surface area contributed by atoms with E-state index in [-0.39, 0.29) is 34.9 Å². The molecule has 0 radical (unpaired) electrons. The number of carbonyl (C=O) groups is 1. The summed E-state index contributed by atoms with van der Waals surface area (Å²) < 4.78 is 5.46. The van der Waals surface area contributed by atoms with Gasteiger partial charge in [-0.15, -0.1) is 10.2 Å². The standard InChI is InChI=1S/C9H14N4O3S/c1-5-2-13(3-6(4-14)16-5)8(15)7-11-12-9(10)17-7/h5-6,14H,2-4H2,1H3,(H2,10,12). The number of aliphatic hydroxyl groups is 1. The highest BCUT2D eigenvalue weighted by molar-refractivity contribution is 7.16. The normalized spacial score (nSPS) is 24.9. The summed E-state index contributed by atoms with van der Waals surface area (Å²) in [5.74, 6) is -0.215. The number of hydrogen-bond acceptors (Lipinski definition) is 7. The number of amides is 1. The zero-order valence-corrected chi connectivity index (χ0v) is 10.2. The zero-order valence-electron chi connectivity index (χ0n) is 9.37. The molecule has 2 atom stereocenters. The van der Waals surface area contributed by atoms with E-state index >= 15 is 0 Å². The molecular weight excluding hydrogens is 244 g/mol. The zero-order chi connectivity index (χ0) is 12.4. The minimum absolute atomic E-state index is 0.102. The van der Waals surface area contributed by atoms with E-state index in [1.165, 1.54) is 0 Å². The topological polar surface area (TPSA) is 102 Å². The van der Waals surface area contributed by atoms with Crippen LogP contribution in [0, 0.1) is 0 Å². The molecule has 7 nitrogen and oxygen atoms in total. The first-order chi connectivity index (χ1) is 8.10. The molecule has 8 heteroatoms. The molecule has 1 saturated heterocycles. The third-order valence-electron chi connectivity index (χ3n) is 2.44. The molecule has 0 aromatic carbocycles. The largest absolute Gasteiger partial charge is 0.394 e. The number of carbonyl (C=O) groups excluding carboxylic acids is 1. The fourth-order valence-corrected chi connectivity index (χ4v) is 2.35. The summed E-state index contributed by atoms with van der Waals surface area (Å²) in [6, 6.07) is 0. The van der Waals surface area contributed by atoms with Crippen LogP contribution in [0.1, 0.15) is 16.7 Å². The van der Waals surface area contributed by atoms with Crippen molar-refractivity contribution >= 4 is 22.4 Å². The van der Waals surface area contributed by atoms with Crippen molar-refractivity contribution < 1.29 is 14.6 Å². The summed E-state index contributed by atoms with van der Waals surface area (Å²) in [5, 5.41) is 16.9. The lowest BCUT2D eigenvalue weighted by molar-refractivity contribution is -0.0858. The van der Waals surface area contributed by atoms with E-state index < -0.39 is 0 Å². The van der Waals surface area contributed by atoms with E-state index in [1.807, 2.05) is 6.92 Å². The average molecular weight is 258 g/mol. The van der Waals surface area contributed by atoms with Gasteiger partial charge < -0.3 is 20.5 Å². The van der Waals surface area contributed by atoms with Crippen LogP contribution in [0.5, 0.6) is 0 Å². The third kappa shape index (κ3) is 2.71. The molecule has 1 aromatic rings. The Balaban J connectivity index is 2.08. The van der Waals surface area contributed by atoms with E-state index in [0.29, 0.717) is 13.1 Å². The van der Waals surface area contributed by atoms with Crippen LogP contribution in [-0.2, 0) is 4.74 Å². The van der Waals surface area contributed by atoms with E-state index in [0.717, 1.165) is 11.3 Å². The van der Waals surface area contributed by atoms with Crippen LogP contribution in [-0.4, -0.2) is 58.0 Å². The predicted octanol–water partition coefficient (Wildman–Crippen LogP) is -0.658. The van der Waals surface area contributed by atoms with Gasteiger partial charge in [0, 0.05) is 13.1 Å². The van der Waals surface area contributed by atoms with Crippen LogP contribution in [0.15, 0.2) is 0 Å². The lowest BCUT2D eigenvalue weighted by Crippen LogP contribution is -2.50. The Morgan fingerprint density at radius 3 is 3.00 bits per heavy atom. The first-order valence-electron chi connectivity index (χ1n) is 5.24. The molecule has 3 N–H and O–H groups in total. The maximum Gasteiger partial charge on any atom is 0.285 e. The molecule has 2 heterocycles. The summed E-state index contributed by atoms with van der Waals surface area (Å²) in [7, 11) is 0. The molecule has 17 heavy (non-hydrogen) atoms. The number of nitrogens with zero attached hydrogens (tertiary/aromatic N) is 3. The Labute approximate surface area is 102 Å². The Morgan fingerprint density at radius 1 is 1.65 bits per heavy atom. The Kier molecular flexibility index (Phi) is 3.55. The summed E-state index contributed by atoms with van der Waals surface area (Å²) in [4.78, 5) is 13.7. The average Bonchev–Trinajstić information content (AvgIpc) is 2.74. The summed E-state index contributed by atoms with van der Waals surface area (Å²) >= 11 is 1.06. The number of anilines is 1. The van der Waals surface area contributed by atoms with Crippen molar-refractivity contribution in [3.8, 4) is 0 Å². The van der Waals surface area contributed by atoms with E-state index in [9.17, 15) is 4.79 Å². The SMILES string of the molecule is CC1CN(C(=O)c2nnc(N)s2)CC(CO)O1. The lowest BCUT2D eigenvalue weighted by atomic mass is 10.2. The second kappa shape index (κ2) is 4.94. The number of nitrogens with two attached hydrogens (primary N) is 1. The number of nitrogen functional groups attached to an aromatic ring is 1. The van der Waals surface area contributed by atoms with Crippen LogP contribution < -0.4 is 5.73 Å². The number of aromatic nitrogens is 2. The molecule has 1 fully saturated rings. The molecule has 2 rings (SSSR count). The van der Waals surface area contributed by atoms with Gasteiger partial charge in [-0.05, 0) is 6.92 Å². The lowest BCUT2D eigenvalue weighted by Gasteiger charge is -2.35. The van der Waals surface area contributed by atoms with E-state index in [2.05, 4.69) is 10.2 Å². The second-order valence-corrected chi connectivity index (χ2v) is 4.92. The van der Waals surface area contributed by atoms with Crippen LogP contribution >= 0.6 is 11.3 Å². The number of aliphatic hydroxyl groups excluding tert-OH is 1. The molecule has 94 valence electrons. The maximum atomic E-state index is 12.1. The van der Waals surface area contributed by atoms with Gasteiger partial charge in [0.15, 0.2) is 0 Å². The number of morpholine rings is 1.